The quantitative estimate of drug-likeness (QED) is 0.897. The molecular weight excluding hydrogens is 252 g/mol. The van der Waals surface area contributed by atoms with Crippen molar-refractivity contribution in [1.82, 2.24) is 10.2 Å². The molecule has 0 aromatic heterocycles. The third-order valence-electron chi connectivity index (χ3n) is 4.01. The van der Waals surface area contributed by atoms with Gasteiger partial charge in [0, 0.05) is 18.6 Å². The Morgan fingerprint density at radius 1 is 1.25 bits per heavy atom. The molecule has 1 saturated heterocycles. The summed E-state index contributed by atoms with van der Waals surface area (Å²) in [4.78, 5) is 14.2. The van der Waals surface area contributed by atoms with Crippen molar-refractivity contribution in [3.63, 3.8) is 0 Å². The van der Waals surface area contributed by atoms with E-state index in [9.17, 15) is 4.79 Å². The van der Waals surface area contributed by atoms with Crippen molar-refractivity contribution in [3.8, 4) is 0 Å². The predicted octanol–water partition coefficient (Wildman–Crippen LogP) is 2.54. The molecule has 1 aliphatic carbocycles. The van der Waals surface area contributed by atoms with Gasteiger partial charge in [-0.3, -0.25) is 0 Å². The Bertz CT molecular complexity index is 439. The van der Waals surface area contributed by atoms with Gasteiger partial charge in [0.2, 0.25) is 0 Å². The highest BCUT2D eigenvalue weighted by Crippen LogP contribution is 2.28. The highest BCUT2D eigenvalue weighted by atomic mass is 16.6. The first-order chi connectivity index (χ1) is 9.83. The fraction of sp³-hybridized carbons (Fsp3) is 0.562. The Morgan fingerprint density at radius 2 is 2.05 bits per heavy atom. The molecule has 0 radical (unpaired) electrons. The number of hydrogen-bond acceptors (Lipinski definition) is 3. The first-order valence-corrected chi connectivity index (χ1v) is 7.53. The van der Waals surface area contributed by atoms with E-state index in [-0.39, 0.29) is 6.09 Å². The third kappa shape index (κ3) is 3.51. The second kappa shape index (κ2) is 6.27. The Labute approximate surface area is 120 Å². The van der Waals surface area contributed by atoms with E-state index in [4.69, 9.17) is 4.74 Å². The van der Waals surface area contributed by atoms with Crippen LogP contribution < -0.4 is 5.32 Å². The average Bonchev–Trinajstić information content (AvgIpc) is 3.20. The molecule has 1 heterocycles. The smallest absolute Gasteiger partial charge is 0.410 e. The van der Waals surface area contributed by atoms with E-state index in [1.165, 1.54) is 6.42 Å². The van der Waals surface area contributed by atoms with Crippen molar-refractivity contribution in [1.29, 1.82) is 0 Å². The lowest BCUT2D eigenvalue weighted by Gasteiger charge is -2.25. The SMILES string of the molecule is O=C(OCc1ccccc1)N(CC1CCCN1)C1CC1. The first-order valence-electron chi connectivity index (χ1n) is 7.53. The summed E-state index contributed by atoms with van der Waals surface area (Å²) in [6.07, 6.45) is 4.45. The van der Waals surface area contributed by atoms with Crippen molar-refractivity contribution < 1.29 is 9.53 Å². The van der Waals surface area contributed by atoms with Crippen molar-refractivity contribution in [3.05, 3.63) is 35.9 Å². The maximum Gasteiger partial charge on any atom is 0.410 e. The second-order valence-electron chi connectivity index (χ2n) is 5.72. The van der Waals surface area contributed by atoms with Crippen molar-refractivity contribution in [2.75, 3.05) is 13.1 Å². The van der Waals surface area contributed by atoms with Crippen LogP contribution >= 0.6 is 0 Å². The molecule has 1 amide bonds. The van der Waals surface area contributed by atoms with Crippen molar-refractivity contribution in [2.24, 2.45) is 0 Å². The van der Waals surface area contributed by atoms with Crippen LogP contribution in [-0.2, 0) is 11.3 Å². The molecule has 1 atom stereocenters. The van der Waals surface area contributed by atoms with Gasteiger partial charge in [0.15, 0.2) is 0 Å². The molecule has 1 aromatic rings. The predicted molar refractivity (Wildman–Crippen MR) is 77.4 cm³/mol. The van der Waals surface area contributed by atoms with E-state index >= 15 is 0 Å². The third-order valence-corrected chi connectivity index (χ3v) is 4.01. The Morgan fingerprint density at radius 3 is 2.70 bits per heavy atom. The zero-order valence-electron chi connectivity index (χ0n) is 11.8. The molecule has 0 bridgehead atoms. The van der Waals surface area contributed by atoms with Gasteiger partial charge in [-0.05, 0) is 37.8 Å². The zero-order valence-corrected chi connectivity index (χ0v) is 11.8. The van der Waals surface area contributed by atoms with Crippen LogP contribution in [0.2, 0.25) is 0 Å². The summed E-state index contributed by atoms with van der Waals surface area (Å²) in [6, 6.07) is 10.7. The number of rotatable bonds is 5. The Hall–Kier alpha value is -1.55. The highest BCUT2D eigenvalue weighted by Gasteiger charge is 2.35. The lowest BCUT2D eigenvalue weighted by molar-refractivity contribution is 0.0904. The summed E-state index contributed by atoms with van der Waals surface area (Å²) < 4.78 is 5.46. The summed E-state index contributed by atoms with van der Waals surface area (Å²) in [5.74, 6) is 0. The molecule has 0 spiro atoms. The maximum atomic E-state index is 12.3. The van der Waals surface area contributed by atoms with Crippen molar-refractivity contribution in [2.45, 2.75) is 44.4 Å². The maximum absolute atomic E-state index is 12.3. The van der Waals surface area contributed by atoms with Gasteiger partial charge in [-0.1, -0.05) is 30.3 Å². The number of carbonyl (C=O) groups is 1. The molecule has 1 N–H and O–H groups in total. The molecule has 20 heavy (non-hydrogen) atoms. The van der Waals surface area contributed by atoms with Crippen LogP contribution in [0.4, 0.5) is 4.79 Å². The molecule has 1 unspecified atom stereocenters. The number of ether oxygens (including phenoxy) is 1. The lowest BCUT2D eigenvalue weighted by atomic mass is 10.2. The van der Waals surface area contributed by atoms with E-state index in [1.807, 2.05) is 35.2 Å². The number of amides is 1. The van der Waals surface area contributed by atoms with E-state index < -0.39 is 0 Å². The van der Waals surface area contributed by atoms with Gasteiger partial charge < -0.3 is 15.0 Å². The largest absolute Gasteiger partial charge is 0.445 e. The van der Waals surface area contributed by atoms with E-state index in [0.717, 1.165) is 37.9 Å². The molecule has 1 aromatic carbocycles. The van der Waals surface area contributed by atoms with Crippen LogP contribution in [-0.4, -0.2) is 36.2 Å². The van der Waals surface area contributed by atoms with Gasteiger partial charge in [0.05, 0.1) is 0 Å². The minimum atomic E-state index is -0.162. The van der Waals surface area contributed by atoms with Crippen molar-refractivity contribution >= 4 is 6.09 Å². The summed E-state index contributed by atoms with van der Waals surface area (Å²) in [7, 11) is 0. The number of carbonyl (C=O) groups excluding carboxylic acids is 1. The first kappa shape index (κ1) is 13.4. The van der Waals surface area contributed by atoms with E-state index in [1.54, 1.807) is 0 Å². The number of nitrogens with zero attached hydrogens (tertiary/aromatic N) is 1. The zero-order chi connectivity index (χ0) is 13.8. The van der Waals surface area contributed by atoms with E-state index in [0.29, 0.717) is 18.7 Å². The summed E-state index contributed by atoms with van der Waals surface area (Å²) in [6.45, 7) is 2.22. The van der Waals surface area contributed by atoms with Gasteiger partial charge in [-0.25, -0.2) is 4.79 Å². The molecule has 4 heteroatoms. The Balaban J connectivity index is 1.52. The topological polar surface area (TPSA) is 41.6 Å². The minimum absolute atomic E-state index is 0.162. The molecule has 3 rings (SSSR count). The van der Waals surface area contributed by atoms with Gasteiger partial charge in [-0.2, -0.15) is 0 Å². The molecule has 1 saturated carbocycles. The van der Waals surface area contributed by atoms with Crippen LogP contribution in [0.3, 0.4) is 0 Å². The summed E-state index contributed by atoms with van der Waals surface area (Å²) in [5.41, 5.74) is 1.04. The molecular formula is C16H22N2O2. The van der Waals surface area contributed by atoms with Gasteiger partial charge in [0.25, 0.3) is 0 Å². The summed E-state index contributed by atoms with van der Waals surface area (Å²) in [5, 5.41) is 3.45. The van der Waals surface area contributed by atoms with Gasteiger partial charge in [-0.15, -0.1) is 0 Å². The molecule has 108 valence electrons. The minimum Gasteiger partial charge on any atom is -0.445 e. The normalized spacial score (nSPS) is 21.7. The monoisotopic (exact) mass is 274 g/mol. The number of benzene rings is 1. The summed E-state index contributed by atoms with van der Waals surface area (Å²) >= 11 is 0. The highest BCUT2D eigenvalue weighted by molar-refractivity contribution is 5.68. The lowest BCUT2D eigenvalue weighted by Crippen LogP contribution is -2.42. The van der Waals surface area contributed by atoms with Crippen LogP contribution in [0.1, 0.15) is 31.2 Å². The van der Waals surface area contributed by atoms with Gasteiger partial charge in [0.1, 0.15) is 6.61 Å². The Kier molecular flexibility index (Phi) is 4.21. The van der Waals surface area contributed by atoms with Crippen LogP contribution in [0, 0.1) is 0 Å². The van der Waals surface area contributed by atoms with Crippen LogP contribution in [0.15, 0.2) is 30.3 Å². The van der Waals surface area contributed by atoms with Crippen LogP contribution in [0.5, 0.6) is 0 Å². The van der Waals surface area contributed by atoms with Crippen LogP contribution in [0.25, 0.3) is 0 Å². The molecule has 2 aliphatic rings. The molecule has 4 nitrogen and oxygen atoms in total. The number of nitrogens with one attached hydrogen (secondary N) is 1. The second-order valence-corrected chi connectivity index (χ2v) is 5.72. The standard InChI is InChI=1S/C16H22N2O2/c19-16(20-12-13-5-2-1-3-6-13)18(15-8-9-15)11-14-7-4-10-17-14/h1-3,5-6,14-15,17H,4,7-12H2. The van der Waals surface area contributed by atoms with E-state index in [2.05, 4.69) is 5.32 Å². The number of hydrogen-bond donors (Lipinski definition) is 1. The molecule has 1 aliphatic heterocycles. The fourth-order valence-electron chi connectivity index (χ4n) is 2.71. The van der Waals surface area contributed by atoms with Gasteiger partial charge >= 0.3 is 6.09 Å². The molecule has 2 fully saturated rings. The average molecular weight is 274 g/mol. The fourth-order valence-corrected chi connectivity index (χ4v) is 2.71.